The maximum atomic E-state index is 6.24. The molecule has 0 aliphatic heterocycles. The van der Waals surface area contributed by atoms with E-state index >= 15 is 0 Å². The number of hydrogen-bond donors (Lipinski definition) is 2. The summed E-state index contributed by atoms with van der Waals surface area (Å²) < 4.78 is 12.5. The van der Waals surface area contributed by atoms with Gasteiger partial charge in [0, 0.05) is 22.5 Å². The highest BCUT2D eigenvalue weighted by atomic mass is 16.5. The van der Waals surface area contributed by atoms with E-state index in [9.17, 15) is 0 Å². The van der Waals surface area contributed by atoms with Crippen LogP contribution < -0.4 is 20.1 Å². The van der Waals surface area contributed by atoms with E-state index in [1.54, 1.807) is 14.2 Å². The van der Waals surface area contributed by atoms with Crippen LogP contribution in [0.3, 0.4) is 0 Å². The average Bonchev–Trinajstić information content (AvgIpc) is 2.98. The molecule has 0 spiro atoms. The molecule has 0 bridgehead atoms. The first kappa shape index (κ1) is 25.3. The van der Waals surface area contributed by atoms with Crippen LogP contribution >= 0.6 is 0 Å². The Balaban J connectivity index is 1.69. The molecule has 0 fully saturated rings. The van der Waals surface area contributed by atoms with E-state index < -0.39 is 0 Å². The van der Waals surface area contributed by atoms with Gasteiger partial charge in [0.2, 0.25) is 0 Å². The first-order chi connectivity index (χ1) is 19.6. The largest absolute Gasteiger partial charge is 0.494 e. The Bertz CT molecular complexity index is 1720. The van der Waals surface area contributed by atoms with Crippen LogP contribution in [0, 0.1) is 13.8 Å². The molecule has 0 saturated heterocycles. The third-order valence-corrected chi connectivity index (χ3v) is 7.49. The monoisotopic (exact) mass is 524 g/mol. The highest BCUT2D eigenvalue weighted by molar-refractivity contribution is 6.14. The van der Waals surface area contributed by atoms with Crippen LogP contribution in [0.15, 0.2) is 109 Å². The molecule has 0 amide bonds. The van der Waals surface area contributed by atoms with Crippen molar-refractivity contribution in [1.29, 1.82) is 0 Å². The normalized spacial score (nSPS) is 11.0. The molecule has 0 aliphatic rings. The Kier molecular flexibility index (Phi) is 6.75. The van der Waals surface area contributed by atoms with Crippen LogP contribution in [0.5, 0.6) is 11.5 Å². The standard InChI is InChI=1S/C36H32N2O2/c1-23-13-5-11-19-29(23)37-31-21-25-15-7-9-17-27(25)33(35(31)39-3)34-28-18-10-8-16-26(28)22-32(36(34)40-4)38-30-20-12-6-14-24(30)2/h5-22,37-38H,1-4H3. The van der Waals surface area contributed by atoms with Crippen molar-refractivity contribution >= 4 is 44.3 Å². The summed E-state index contributed by atoms with van der Waals surface area (Å²) in [7, 11) is 3.47. The molecule has 0 aliphatic carbocycles. The summed E-state index contributed by atoms with van der Waals surface area (Å²) in [6, 6.07) is 37.8. The van der Waals surface area contributed by atoms with E-state index in [0.29, 0.717) is 0 Å². The van der Waals surface area contributed by atoms with Crippen molar-refractivity contribution in [2.24, 2.45) is 0 Å². The van der Waals surface area contributed by atoms with Crippen LogP contribution in [0.1, 0.15) is 11.1 Å². The maximum Gasteiger partial charge on any atom is 0.150 e. The minimum absolute atomic E-state index is 0.762. The van der Waals surface area contributed by atoms with Crippen molar-refractivity contribution in [3.8, 4) is 22.6 Å². The second kappa shape index (κ2) is 10.7. The molecule has 0 unspecified atom stereocenters. The predicted octanol–water partition coefficient (Wildman–Crippen LogP) is 9.78. The van der Waals surface area contributed by atoms with Gasteiger partial charge in [-0.15, -0.1) is 0 Å². The van der Waals surface area contributed by atoms with Crippen LogP contribution in [-0.2, 0) is 0 Å². The van der Waals surface area contributed by atoms with E-state index in [4.69, 9.17) is 9.47 Å². The molecular weight excluding hydrogens is 492 g/mol. The summed E-state index contributed by atoms with van der Waals surface area (Å²) in [5, 5.41) is 11.7. The van der Waals surface area contributed by atoms with Crippen LogP contribution in [0.4, 0.5) is 22.7 Å². The molecule has 4 nitrogen and oxygen atoms in total. The third-order valence-electron chi connectivity index (χ3n) is 7.49. The molecule has 0 saturated carbocycles. The number of para-hydroxylation sites is 2. The molecule has 0 aromatic heterocycles. The van der Waals surface area contributed by atoms with E-state index in [2.05, 4.69) is 109 Å². The molecule has 0 atom stereocenters. The van der Waals surface area contributed by atoms with Gasteiger partial charge in [-0.05, 0) is 70.8 Å². The fraction of sp³-hybridized carbons (Fsp3) is 0.111. The number of rotatable bonds is 7. The number of hydrogen-bond acceptors (Lipinski definition) is 4. The zero-order valence-corrected chi connectivity index (χ0v) is 23.2. The van der Waals surface area contributed by atoms with Gasteiger partial charge < -0.3 is 20.1 Å². The summed E-state index contributed by atoms with van der Waals surface area (Å²) in [5.41, 5.74) is 8.15. The average molecular weight is 525 g/mol. The summed E-state index contributed by atoms with van der Waals surface area (Å²) in [5.74, 6) is 1.52. The lowest BCUT2D eigenvalue weighted by atomic mass is 9.90. The Morgan fingerprint density at radius 3 is 1.23 bits per heavy atom. The van der Waals surface area contributed by atoms with Crippen molar-refractivity contribution in [3.05, 3.63) is 120 Å². The zero-order valence-electron chi connectivity index (χ0n) is 23.2. The summed E-state index contributed by atoms with van der Waals surface area (Å²) in [6.45, 7) is 4.21. The minimum Gasteiger partial charge on any atom is -0.494 e. The molecule has 6 rings (SSSR count). The molecule has 6 aromatic carbocycles. The van der Waals surface area contributed by atoms with Crippen molar-refractivity contribution in [1.82, 2.24) is 0 Å². The number of methoxy groups -OCH3 is 2. The molecule has 0 radical (unpaired) electrons. The fourth-order valence-corrected chi connectivity index (χ4v) is 5.48. The molecule has 198 valence electrons. The van der Waals surface area contributed by atoms with Crippen LogP contribution in [-0.4, -0.2) is 14.2 Å². The first-order valence-corrected chi connectivity index (χ1v) is 13.4. The number of ether oxygens (including phenoxy) is 2. The van der Waals surface area contributed by atoms with Gasteiger partial charge in [0.25, 0.3) is 0 Å². The van der Waals surface area contributed by atoms with Gasteiger partial charge in [-0.25, -0.2) is 0 Å². The second-order valence-corrected chi connectivity index (χ2v) is 9.99. The molecular formula is C36H32N2O2. The third kappa shape index (κ3) is 4.48. The SMILES string of the molecule is COc1c(Nc2ccccc2C)cc2ccccc2c1-c1c(OC)c(Nc2ccccc2C)cc2ccccc12. The predicted molar refractivity (Wildman–Crippen MR) is 169 cm³/mol. The zero-order chi connectivity index (χ0) is 27.6. The van der Waals surface area contributed by atoms with Gasteiger partial charge >= 0.3 is 0 Å². The van der Waals surface area contributed by atoms with E-state index in [-0.39, 0.29) is 0 Å². The molecule has 40 heavy (non-hydrogen) atoms. The number of benzene rings is 6. The Hall–Kier alpha value is -4.96. The van der Waals surface area contributed by atoms with Gasteiger partial charge in [0.15, 0.2) is 11.5 Å². The molecule has 4 heteroatoms. The van der Waals surface area contributed by atoms with Gasteiger partial charge in [-0.3, -0.25) is 0 Å². The second-order valence-electron chi connectivity index (χ2n) is 9.99. The molecule has 0 heterocycles. The lowest BCUT2D eigenvalue weighted by Gasteiger charge is -2.23. The van der Waals surface area contributed by atoms with Crippen molar-refractivity contribution in [2.45, 2.75) is 13.8 Å². The van der Waals surface area contributed by atoms with E-state index in [1.165, 1.54) is 0 Å². The van der Waals surface area contributed by atoms with Crippen molar-refractivity contribution < 1.29 is 9.47 Å². The van der Waals surface area contributed by atoms with Crippen LogP contribution in [0.25, 0.3) is 32.7 Å². The van der Waals surface area contributed by atoms with Gasteiger partial charge in [0.1, 0.15) is 0 Å². The minimum atomic E-state index is 0.762. The molecule has 6 aromatic rings. The van der Waals surface area contributed by atoms with Gasteiger partial charge in [0.05, 0.1) is 25.6 Å². The quantitative estimate of drug-likeness (QED) is 0.218. The van der Waals surface area contributed by atoms with Gasteiger partial charge in [-0.2, -0.15) is 0 Å². The van der Waals surface area contributed by atoms with Crippen LogP contribution in [0.2, 0.25) is 0 Å². The lowest BCUT2D eigenvalue weighted by Crippen LogP contribution is -2.02. The topological polar surface area (TPSA) is 42.5 Å². The summed E-state index contributed by atoms with van der Waals surface area (Å²) in [4.78, 5) is 0. The first-order valence-electron chi connectivity index (χ1n) is 13.4. The smallest absolute Gasteiger partial charge is 0.150 e. The van der Waals surface area contributed by atoms with Crippen molar-refractivity contribution in [2.75, 3.05) is 24.9 Å². The van der Waals surface area contributed by atoms with E-state index in [0.717, 1.165) is 78.0 Å². The summed E-state index contributed by atoms with van der Waals surface area (Å²) >= 11 is 0. The van der Waals surface area contributed by atoms with E-state index in [1.807, 2.05) is 24.3 Å². The molecule has 2 N–H and O–H groups in total. The number of nitrogens with one attached hydrogen (secondary N) is 2. The Morgan fingerprint density at radius 1 is 0.450 bits per heavy atom. The number of fused-ring (bicyclic) bond motifs is 2. The van der Waals surface area contributed by atoms with Crippen molar-refractivity contribution in [3.63, 3.8) is 0 Å². The number of anilines is 4. The number of aryl methyl sites for hydroxylation is 2. The van der Waals surface area contributed by atoms with Gasteiger partial charge in [-0.1, -0.05) is 84.9 Å². The summed E-state index contributed by atoms with van der Waals surface area (Å²) in [6.07, 6.45) is 0. The Morgan fingerprint density at radius 2 is 0.825 bits per heavy atom. The maximum absolute atomic E-state index is 6.24. The fourth-order valence-electron chi connectivity index (χ4n) is 5.48. The lowest BCUT2D eigenvalue weighted by molar-refractivity contribution is 0.413. The Labute approximate surface area is 235 Å². The highest BCUT2D eigenvalue weighted by Gasteiger charge is 2.24. The highest BCUT2D eigenvalue weighted by Crippen LogP contribution is 2.51.